The summed E-state index contributed by atoms with van der Waals surface area (Å²) in [7, 11) is 0. The molecule has 3 aliphatic heterocycles. The minimum atomic E-state index is -0.369. The van der Waals surface area contributed by atoms with Crippen LogP contribution >= 0.6 is 0 Å². The minimum Gasteiger partial charge on any atom is -0.318 e. The van der Waals surface area contributed by atoms with Crippen LogP contribution in [0.5, 0.6) is 0 Å². The number of anilines is 3. The van der Waals surface area contributed by atoms with Crippen LogP contribution < -0.4 is 14.7 Å². The monoisotopic (exact) mass is 910 g/mol. The molecule has 0 N–H and O–H groups in total. The molecule has 69 heavy (non-hydrogen) atoms. The van der Waals surface area contributed by atoms with E-state index in [0.717, 1.165) is 67.9 Å². The molecule has 0 bridgehead atoms. The molecule has 0 aliphatic carbocycles. The van der Waals surface area contributed by atoms with Crippen molar-refractivity contribution in [1.82, 2.24) is 15.0 Å². The molecule has 4 heterocycles. The third-order valence-electron chi connectivity index (χ3n) is 15.8. The average molecular weight is 910 g/mol. The summed E-state index contributed by atoms with van der Waals surface area (Å²) in [6, 6.07) is 57.1. The fourth-order valence-corrected chi connectivity index (χ4v) is 9.77. The van der Waals surface area contributed by atoms with Gasteiger partial charge in [0.05, 0.1) is 33.2 Å². The summed E-state index contributed by atoms with van der Waals surface area (Å²) in [4.78, 5) is 39.4. The Kier molecular flexibility index (Phi) is 10.7. The predicted octanol–water partition coefficient (Wildman–Crippen LogP) is 13.3. The first-order valence-electron chi connectivity index (χ1n) is 24.1. The molecule has 0 amide bonds. The van der Waals surface area contributed by atoms with Crippen LogP contribution in [0.4, 0.5) is 17.1 Å². The number of hydrogen-bond donors (Lipinski definition) is 0. The molecule has 10 rings (SSSR count). The predicted molar refractivity (Wildman–Crippen MR) is 287 cm³/mol. The molecule has 6 aromatic carbocycles. The number of benzene rings is 6. The first-order valence-corrected chi connectivity index (χ1v) is 24.1. The molecule has 0 fully saturated rings. The SMILES string of the molecule is CC1(C)N=C(c2cccc(-c3nc(-c4cccc(C5=NC(C)(C)C(C)(C)N5c5ccccc5)c4)nc(-c4cccc(C5=NC(C)(C)C(C)(C)N5c5ccccc5)c4)n3)c2)N(c2ccccc2)C1(C)C. The van der Waals surface area contributed by atoms with Crippen molar-refractivity contribution in [3.05, 3.63) is 180 Å². The van der Waals surface area contributed by atoms with Gasteiger partial charge in [0, 0.05) is 50.4 Å². The first kappa shape index (κ1) is 45.5. The zero-order valence-electron chi connectivity index (χ0n) is 42.1. The van der Waals surface area contributed by atoms with E-state index in [4.69, 9.17) is 29.9 Å². The van der Waals surface area contributed by atoms with Gasteiger partial charge < -0.3 is 14.7 Å². The van der Waals surface area contributed by atoms with Crippen LogP contribution in [0, 0.1) is 0 Å². The molecular formula is C60H63N9. The van der Waals surface area contributed by atoms with E-state index in [-0.39, 0.29) is 33.2 Å². The molecule has 0 atom stereocenters. The van der Waals surface area contributed by atoms with Crippen LogP contribution in [0.3, 0.4) is 0 Å². The Morgan fingerprint density at radius 2 is 0.507 bits per heavy atom. The first-order chi connectivity index (χ1) is 32.7. The normalized spacial score (nSPS) is 19.3. The highest BCUT2D eigenvalue weighted by Crippen LogP contribution is 2.45. The van der Waals surface area contributed by atoms with E-state index < -0.39 is 0 Å². The number of aromatic nitrogens is 3. The van der Waals surface area contributed by atoms with Gasteiger partial charge in [-0.2, -0.15) is 0 Å². The summed E-state index contributed by atoms with van der Waals surface area (Å²) in [5, 5.41) is 0. The van der Waals surface area contributed by atoms with Crippen molar-refractivity contribution < 1.29 is 0 Å². The molecule has 9 heteroatoms. The van der Waals surface area contributed by atoms with E-state index >= 15 is 0 Å². The van der Waals surface area contributed by atoms with Gasteiger partial charge in [0.1, 0.15) is 17.5 Å². The molecule has 9 nitrogen and oxygen atoms in total. The molecule has 348 valence electrons. The fraction of sp³-hybridized carbons (Fsp3) is 0.300. The third kappa shape index (κ3) is 7.54. The molecule has 1 aromatic heterocycles. The lowest BCUT2D eigenvalue weighted by Gasteiger charge is -2.41. The maximum Gasteiger partial charge on any atom is 0.164 e. The summed E-state index contributed by atoms with van der Waals surface area (Å²) in [5.74, 6) is 4.41. The Morgan fingerprint density at radius 1 is 0.275 bits per heavy atom. The third-order valence-corrected chi connectivity index (χ3v) is 15.8. The molecule has 0 saturated carbocycles. The zero-order valence-corrected chi connectivity index (χ0v) is 42.1. The smallest absolute Gasteiger partial charge is 0.164 e. The highest BCUT2D eigenvalue weighted by Gasteiger charge is 2.52. The Balaban J connectivity index is 1.13. The fourth-order valence-electron chi connectivity index (χ4n) is 9.77. The van der Waals surface area contributed by atoms with Gasteiger partial charge in [-0.15, -0.1) is 0 Å². The highest BCUT2D eigenvalue weighted by molar-refractivity contribution is 6.15. The van der Waals surface area contributed by atoms with E-state index in [1.54, 1.807) is 0 Å². The maximum absolute atomic E-state index is 5.42. The van der Waals surface area contributed by atoms with Gasteiger partial charge in [-0.25, -0.2) is 15.0 Å². The number of para-hydroxylation sites is 3. The van der Waals surface area contributed by atoms with E-state index in [1.807, 2.05) is 0 Å². The molecule has 0 saturated heterocycles. The van der Waals surface area contributed by atoms with Gasteiger partial charge in [-0.3, -0.25) is 15.0 Å². The van der Waals surface area contributed by atoms with Crippen LogP contribution in [0.25, 0.3) is 34.2 Å². The molecular weight excluding hydrogens is 847 g/mol. The van der Waals surface area contributed by atoms with Crippen LogP contribution in [-0.2, 0) is 0 Å². The quantitative estimate of drug-likeness (QED) is 0.143. The largest absolute Gasteiger partial charge is 0.318 e. The van der Waals surface area contributed by atoms with Crippen LogP contribution in [-0.4, -0.2) is 65.7 Å². The van der Waals surface area contributed by atoms with Gasteiger partial charge >= 0.3 is 0 Å². The number of aliphatic imine (C=N–C) groups is 3. The Hall–Kier alpha value is -7.26. The van der Waals surface area contributed by atoms with Gasteiger partial charge in [0.25, 0.3) is 0 Å². The Morgan fingerprint density at radius 3 is 0.754 bits per heavy atom. The lowest BCUT2D eigenvalue weighted by atomic mass is 9.83. The van der Waals surface area contributed by atoms with Crippen LogP contribution in [0.2, 0.25) is 0 Å². The summed E-state index contributed by atoms with van der Waals surface area (Å²) in [6.07, 6.45) is 0. The molecule has 0 radical (unpaired) electrons. The molecule has 0 unspecified atom stereocenters. The van der Waals surface area contributed by atoms with Crippen LogP contribution in [0.1, 0.15) is 99.8 Å². The summed E-state index contributed by atoms with van der Waals surface area (Å²) in [6.45, 7) is 26.9. The van der Waals surface area contributed by atoms with Gasteiger partial charge in [-0.1, -0.05) is 109 Å². The average Bonchev–Trinajstić information content (AvgIpc) is 3.76. The standard InChI is InChI=1S/C60H63N9/c1-55(2)58(7,8)67(46-31-16-13-17-32-46)52(64-55)43-28-22-25-40(37-43)49-61-50(41-26-23-29-44(38-41)53-65-56(3,4)59(9,10)68(53)47-33-18-14-19-34-47)63-51(62-49)42-27-24-30-45(39-42)54-66-57(5,6)60(11,12)69(54)48-35-20-15-21-36-48/h13-39H,1-12H3. The van der Waals surface area contributed by atoms with Crippen molar-refractivity contribution in [2.24, 2.45) is 15.0 Å². The van der Waals surface area contributed by atoms with E-state index in [2.05, 4.69) is 262 Å². The molecule has 0 spiro atoms. The van der Waals surface area contributed by atoms with Crippen molar-refractivity contribution >= 4 is 34.6 Å². The summed E-state index contributed by atoms with van der Waals surface area (Å²) in [5.41, 5.74) is 6.79. The van der Waals surface area contributed by atoms with Crippen molar-refractivity contribution in [1.29, 1.82) is 0 Å². The second-order valence-electron chi connectivity index (χ2n) is 21.7. The number of hydrogen-bond acceptors (Lipinski definition) is 9. The number of nitrogens with zero attached hydrogens (tertiary/aromatic N) is 9. The van der Waals surface area contributed by atoms with E-state index in [0.29, 0.717) is 17.5 Å². The van der Waals surface area contributed by atoms with Gasteiger partial charge in [0.15, 0.2) is 17.5 Å². The van der Waals surface area contributed by atoms with Gasteiger partial charge in [0.2, 0.25) is 0 Å². The highest BCUT2D eigenvalue weighted by atomic mass is 15.4. The van der Waals surface area contributed by atoms with Crippen molar-refractivity contribution in [2.75, 3.05) is 14.7 Å². The molecule has 7 aromatic rings. The van der Waals surface area contributed by atoms with Crippen LogP contribution in [0.15, 0.2) is 179 Å². The number of rotatable bonds is 9. The topological polar surface area (TPSA) is 85.5 Å². The van der Waals surface area contributed by atoms with Crippen molar-refractivity contribution in [3.8, 4) is 34.2 Å². The lowest BCUT2D eigenvalue weighted by Crippen LogP contribution is -2.53. The Labute approximate surface area is 408 Å². The van der Waals surface area contributed by atoms with Crippen molar-refractivity contribution in [2.45, 2.75) is 116 Å². The second-order valence-corrected chi connectivity index (χ2v) is 21.7. The second kappa shape index (κ2) is 16.2. The Bertz CT molecular complexity index is 2830. The summed E-state index contributed by atoms with van der Waals surface area (Å²) >= 11 is 0. The summed E-state index contributed by atoms with van der Waals surface area (Å²) < 4.78 is 0. The maximum atomic E-state index is 5.42. The zero-order chi connectivity index (χ0) is 48.7. The molecule has 3 aliphatic rings. The van der Waals surface area contributed by atoms with Crippen molar-refractivity contribution in [3.63, 3.8) is 0 Å². The lowest BCUT2D eigenvalue weighted by molar-refractivity contribution is 0.338. The van der Waals surface area contributed by atoms with Gasteiger partial charge in [-0.05, 0) is 138 Å². The number of amidine groups is 3. The van der Waals surface area contributed by atoms with E-state index in [1.165, 1.54) is 0 Å². The van der Waals surface area contributed by atoms with E-state index in [9.17, 15) is 0 Å². The minimum absolute atomic E-state index is 0.308.